The zero-order valence-corrected chi connectivity index (χ0v) is 15.4. The number of halogens is 6. The van der Waals surface area contributed by atoms with E-state index in [4.69, 9.17) is 0 Å². The molecule has 0 nitrogen and oxygen atoms in total. The highest BCUT2D eigenvalue weighted by Gasteiger charge is 2.80. The molecule has 3 rings (SSSR count). The number of hydrogen-bond acceptors (Lipinski definition) is 2. The number of aryl methyl sites for hydroxylation is 4. The van der Waals surface area contributed by atoms with E-state index in [0.29, 0.717) is 9.75 Å². The summed E-state index contributed by atoms with van der Waals surface area (Å²) in [5, 5.41) is 0. The molecule has 1 aliphatic rings. The fourth-order valence-electron chi connectivity index (χ4n) is 3.12. The van der Waals surface area contributed by atoms with Gasteiger partial charge in [-0.1, -0.05) is 0 Å². The van der Waals surface area contributed by atoms with E-state index in [1.807, 2.05) is 0 Å². The van der Waals surface area contributed by atoms with Gasteiger partial charge in [0.15, 0.2) is 0 Å². The monoisotopic (exact) mass is 396 g/mol. The lowest BCUT2D eigenvalue weighted by molar-refractivity contribution is -0.254. The fraction of sp³-hybridized carbons (Fsp3) is 0.412. The maximum atomic E-state index is 14.6. The van der Waals surface area contributed by atoms with Gasteiger partial charge in [-0.3, -0.25) is 0 Å². The number of hydrogen-bond donors (Lipinski definition) is 0. The van der Waals surface area contributed by atoms with Crippen molar-refractivity contribution in [1.29, 1.82) is 0 Å². The number of alkyl halides is 6. The summed E-state index contributed by atoms with van der Waals surface area (Å²) in [5.74, 6) is -15.4. The lowest BCUT2D eigenvalue weighted by Gasteiger charge is -2.25. The van der Waals surface area contributed by atoms with Gasteiger partial charge in [-0.2, -0.15) is 26.3 Å². The number of allylic oxidation sites excluding steroid dienone is 2. The van der Waals surface area contributed by atoms with E-state index in [0.717, 1.165) is 22.7 Å². The summed E-state index contributed by atoms with van der Waals surface area (Å²) in [6, 6.07) is 3.06. The summed E-state index contributed by atoms with van der Waals surface area (Å²) >= 11 is 1.65. The standard InChI is InChI=1S/C17H14F6S2/c1-7-5-9(3)24-13(7)11-12(14-8(2)6-10(4)25-14)16(20,21)17(22,23)15(11,18)19/h5-6H,1-4H3. The Balaban J connectivity index is 2.46. The number of thiophene rings is 2. The van der Waals surface area contributed by atoms with Gasteiger partial charge in [-0.15, -0.1) is 22.7 Å². The van der Waals surface area contributed by atoms with Crippen molar-refractivity contribution in [3.8, 4) is 0 Å². The van der Waals surface area contributed by atoms with E-state index in [1.165, 1.54) is 26.0 Å². The van der Waals surface area contributed by atoms with Crippen molar-refractivity contribution in [1.82, 2.24) is 0 Å². The van der Waals surface area contributed by atoms with Gasteiger partial charge in [0.25, 0.3) is 0 Å². The lowest BCUT2D eigenvalue weighted by atomic mass is 10.0. The average molecular weight is 396 g/mol. The zero-order valence-electron chi connectivity index (χ0n) is 13.7. The van der Waals surface area contributed by atoms with Crippen LogP contribution in [0.5, 0.6) is 0 Å². The minimum Gasteiger partial charge on any atom is -0.194 e. The third-order valence-electron chi connectivity index (χ3n) is 4.20. The predicted molar refractivity (Wildman–Crippen MR) is 89.2 cm³/mol. The molecule has 0 bridgehead atoms. The molecule has 2 heterocycles. The summed E-state index contributed by atoms with van der Waals surface area (Å²) < 4.78 is 86.5. The highest BCUT2D eigenvalue weighted by molar-refractivity contribution is 7.14. The van der Waals surface area contributed by atoms with Crippen LogP contribution >= 0.6 is 22.7 Å². The van der Waals surface area contributed by atoms with Gasteiger partial charge in [0, 0.05) is 19.5 Å². The van der Waals surface area contributed by atoms with Crippen LogP contribution in [0, 0.1) is 27.7 Å². The largest absolute Gasteiger partial charge is 0.380 e. The van der Waals surface area contributed by atoms with Crippen LogP contribution in [0.3, 0.4) is 0 Å². The van der Waals surface area contributed by atoms with Crippen molar-refractivity contribution in [2.45, 2.75) is 45.5 Å². The first-order valence-electron chi connectivity index (χ1n) is 7.36. The van der Waals surface area contributed by atoms with Crippen molar-refractivity contribution < 1.29 is 26.3 Å². The van der Waals surface area contributed by atoms with Crippen LogP contribution in [-0.4, -0.2) is 17.8 Å². The van der Waals surface area contributed by atoms with Gasteiger partial charge in [-0.25, -0.2) is 0 Å². The molecule has 0 fully saturated rings. The molecule has 0 aliphatic heterocycles. The molecule has 0 unspecified atom stereocenters. The Bertz CT molecular complexity index is 815. The van der Waals surface area contributed by atoms with Crippen molar-refractivity contribution in [2.75, 3.05) is 0 Å². The van der Waals surface area contributed by atoms with Gasteiger partial charge in [0.05, 0.1) is 11.1 Å². The number of rotatable bonds is 2. The molecule has 0 radical (unpaired) electrons. The third kappa shape index (κ3) is 2.33. The highest BCUT2D eigenvalue weighted by Crippen LogP contribution is 2.66. The Morgan fingerprint density at radius 3 is 1.20 bits per heavy atom. The summed E-state index contributed by atoms with van der Waals surface area (Å²) in [6.07, 6.45) is 0. The molecule has 8 heteroatoms. The molecule has 0 atom stereocenters. The topological polar surface area (TPSA) is 0 Å². The van der Waals surface area contributed by atoms with Crippen LogP contribution in [-0.2, 0) is 0 Å². The first kappa shape index (κ1) is 18.5. The van der Waals surface area contributed by atoms with Crippen LogP contribution < -0.4 is 0 Å². The van der Waals surface area contributed by atoms with E-state index in [9.17, 15) is 26.3 Å². The van der Waals surface area contributed by atoms with Crippen LogP contribution in [0.4, 0.5) is 26.3 Å². The SMILES string of the molecule is Cc1cc(C)c(C2=C(c3sc(C)cc3C)C(F)(F)C(F)(F)C2(F)F)s1. The Morgan fingerprint density at radius 1 is 0.640 bits per heavy atom. The first-order valence-corrected chi connectivity index (χ1v) is 8.99. The van der Waals surface area contributed by atoms with E-state index in [2.05, 4.69) is 0 Å². The average Bonchev–Trinajstić information content (AvgIpc) is 2.98. The highest BCUT2D eigenvalue weighted by atomic mass is 32.1. The van der Waals surface area contributed by atoms with Crippen LogP contribution in [0.2, 0.25) is 0 Å². The Hall–Kier alpha value is -1.28. The van der Waals surface area contributed by atoms with Crippen molar-refractivity contribution >= 4 is 33.8 Å². The molecule has 0 amide bonds. The smallest absolute Gasteiger partial charge is 0.194 e. The van der Waals surface area contributed by atoms with Gasteiger partial charge in [-0.05, 0) is 51.0 Å². The van der Waals surface area contributed by atoms with E-state index >= 15 is 0 Å². The molecule has 25 heavy (non-hydrogen) atoms. The molecule has 2 aromatic rings. The fourth-order valence-corrected chi connectivity index (χ4v) is 5.34. The van der Waals surface area contributed by atoms with Crippen molar-refractivity contribution in [2.24, 2.45) is 0 Å². The van der Waals surface area contributed by atoms with Crippen LogP contribution in [0.15, 0.2) is 12.1 Å². The van der Waals surface area contributed by atoms with E-state index in [1.54, 1.807) is 13.8 Å². The molecule has 2 aromatic heterocycles. The second-order valence-electron chi connectivity index (χ2n) is 6.21. The molecule has 0 N–H and O–H groups in total. The quantitative estimate of drug-likeness (QED) is 0.486. The summed E-state index contributed by atoms with van der Waals surface area (Å²) in [6.45, 7) is 6.15. The van der Waals surface area contributed by atoms with Gasteiger partial charge in [0.1, 0.15) is 0 Å². The Kier molecular flexibility index (Phi) is 3.97. The second-order valence-corrected chi connectivity index (χ2v) is 8.72. The molecular formula is C17H14F6S2. The molecule has 1 aliphatic carbocycles. The second kappa shape index (κ2) is 5.36. The van der Waals surface area contributed by atoms with Gasteiger partial charge >= 0.3 is 17.8 Å². The van der Waals surface area contributed by atoms with Crippen molar-refractivity contribution in [3.63, 3.8) is 0 Å². The Labute approximate surface area is 148 Å². The van der Waals surface area contributed by atoms with Crippen LogP contribution in [0.1, 0.15) is 30.6 Å². The molecule has 136 valence electrons. The predicted octanol–water partition coefficient (Wildman–Crippen LogP) is 6.87. The molecule has 0 aromatic carbocycles. The molecule has 0 saturated heterocycles. The molecule has 0 saturated carbocycles. The van der Waals surface area contributed by atoms with E-state index in [-0.39, 0.29) is 20.9 Å². The van der Waals surface area contributed by atoms with Crippen LogP contribution in [0.25, 0.3) is 11.1 Å². The van der Waals surface area contributed by atoms with Crippen molar-refractivity contribution in [3.05, 3.63) is 42.8 Å². The summed E-state index contributed by atoms with van der Waals surface area (Å²) in [5.41, 5.74) is -1.92. The Morgan fingerprint density at radius 2 is 0.960 bits per heavy atom. The van der Waals surface area contributed by atoms with E-state index < -0.39 is 28.9 Å². The normalized spacial score (nSPS) is 21.2. The third-order valence-corrected chi connectivity index (χ3v) is 6.54. The van der Waals surface area contributed by atoms with Gasteiger partial charge < -0.3 is 0 Å². The summed E-state index contributed by atoms with van der Waals surface area (Å²) in [7, 11) is 0. The lowest BCUT2D eigenvalue weighted by Crippen LogP contribution is -2.48. The molecular weight excluding hydrogens is 382 g/mol. The summed E-state index contributed by atoms with van der Waals surface area (Å²) in [4.78, 5) is 0.764. The van der Waals surface area contributed by atoms with Gasteiger partial charge in [0.2, 0.25) is 0 Å². The maximum Gasteiger partial charge on any atom is 0.380 e. The molecule has 0 spiro atoms. The minimum absolute atomic E-state index is 0.209. The zero-order chi connectivity index (χ0) is 18.9. The first-order chi connectivity index (χ1) is 11.3. The maximum absolute atomic E-state index is 14.6. The minimum atomic E-state index is -5.49.